The first-order chi connectivity index (χ1) is 9.97. The standard InChI is InChI=1S/C19H24O2/c1-18-10-3-4-14(18)13-7-5-12-6-8-16(20)17(21)19(12,2)15(13)9-11-18/h5-6,8,13-15H,3-4,7,9-11H2,1-2H3/t13-,14-,15-,18-,19-/m0/s1. The fraction of sp³-hybridized carbons (Fsp3) is 0.684. The van der Waals surface area contributed by atoms with Crippen molar-refractivity contribution in [3.05, 3.63) is 23.8 Å². The Morgan fingerprint density at radius 3 is 2.67 bits per heavy atom. The summed E-state index contributed by atoms with van der Waals surface area (Å²) < 4.78 is 0. The Kier molecular flexibility index (Phi) is 2.68. The molecule has 0 amide bonds. The molecule has 4 aliphatic rings. The van der Waals surface area contributed by atoms with Gasteiger partial charge in [0.1, 0.15) is 0 Å². The Morgan fingerprint density at radius 2 is 1.86 bits per heavy atom. The van der Waals surface area contributed by atoms with Crippen LogP contribution in [0.4, 0.5) is 0 Å². The van der Waals surface area contributed by atoms with E-state index in [0.29, 0.717) is 17.3 Å². The first-order valence-electron chi connectivity index (χ1n) is 8.44. The molecule has 112 valence electrons. The second-order valence-electron chi connectivity index (χ2n) is 8.09. The van der Waals surface area contributed by atoms with Crippen LogP contribution in [0.15, 0.2) is 23.8 Å². The smallest absolute Gasteiger partial charge is 0.222 e. The van der Waals surface area contributed by atoms with Crippen molar-refractivity contribution in [3.63, 3.8) is 0 Å². The third-order valence-corrected chi connectivity index (χ3v) is 7.28. The lowest BCUT2D eigenvalue weighted by Gasteiger charge is -2.54. The molecule has 0 radical (unpaired) electrons. The summed E-state index contributed by atoms with van der Waals surface area (Å²) in [4.78, 5) is 24.6. The summed E-state index contributed by atoms with van der Waals surface area (Å²) in [5.41, 5.74) is 1.05. The molecule has 0 N–H and O–H groups in total. The van der Waals surface area contributed by atoms with E-state index in [0.717, 1.165) is 24.3 Å². The molecule has 0 aromatic carbocycles. The van der Waals surface area contributed by atoms with E-state index in [9.17, 15) is 9.59 Å². The van der Waals surface area contributed by atoms with Gasteiger partial charge in [-0.25, -0.2) is 0 Å². The Morgan fingerprint density at radius 1 is 1.05 bits per heavy atom. The van der Waals surface area contributed by atoms with E-state index in [-0.39, 0.29) is 11.6 Å². The second-order valence-corrected chi connectivity index (χ2v) is 8.09. The summed E-state index contributed by atoms with van der Waals surface area (Å²) in [6.07, 6.45) is 13.1. The largest absolute Gasteiger partial charge is 0.289 e. The highest BCUT2D eigenvalue weighted by Crippen LogP contribution is 2.63. The molecule has 0 aromatic rings. The lowest BCUT2D eigenvalue weighted by Crippen LogP contribution is -2.52. The predicted molar refractivity (Wildman–Crippen MR) is 81.6 cm³/mol. The molecule has 0 unspecified atom stereocenters. The number of carbonyl (C=O) groups excluding carboxylic acids is 2. The molecule has 2 fully saturated rings. The van der Waals surface area contributed by atoms with Gasteiger partial charge in [0.25, 0.3) is 0 Å². The molecule has 2 heteroatoms. The maximum absolute atomic E-state index is 12.7. The van der Waals surface area contributed by atoms with E-state index < -0.39 is 5.41 Å². The highest BCUT2D eigenvalue weighted by atomic mass is 16.2. The van der Waals surface area contributed by atoms with Crippen LogP contribution in [0.1, 0.15) is 52.4 Å². The summed E-state index contributed by atoms with van der Waals surface area (Å²) >= 11 is 0. The van der Waals surface area contributed by atoms with E-state index in [1.807, 2.05) is 13.0 Å². The number of ketones is 2. The topological polar surface area (TPSA) is 34.1 Å². The fourth-order valence-corrected chi connectivity index (χ4v) is 6.05. The normalized spacial score (nSPS) is 48.5. The van der Waals surface area contributed by atoms with Crippen molar-refractivity contribution in [2.24, 2.45) is 28.6 Å². The summed E-state index contributed by atoms with van der Waals surface area (Å²) in [6.45, 7) is 4.49. The van der Waals surface area contributed by atoms with Gasteiger partial charge >= 0.3 is 0 Å². The van der Waals surface area contributed by atoms with E-state index in [2.05, 4.69) is 13.0 Å². The minimum atomic E-state index is -0.543. The number of rotatable bonds is 0. The van der Waals surface area contributed by atoms with Crippen LogP contribution in [0.5, 0.6) is 0 Å². The second kappa shape index (κ2) is 4.18. The maximum atomic E-state index is 12.7. The molecule has 21 heavy (non-hydrogen) atoms. The molecule has 0 bridgehead atoms. The van der Waals surface area contributed by atoms with Crippen molar-refractivity contribution in [2.45, 2.75) is 52.4 Å². The third kappa shape index (κ3) is 1.59. The number of Topliss-reactive ketones (excluding diaryl/α,β-unsaturated/α-hetero) is 1. The summed E-state index contributed by atoms with van der Waals surface area (Å²) in [5, 5.41) is 0. The Hall–Kier alpha value is -1.18. The van der Waals surface area contributed by atoms with E-state index >= 15 is 0 Å². The zero-order chi connectivity index (χ0) is 14.8. The zero-order valence-corrected chi connectivity index (χ0v) is 13.0. The van der Waals surface area contributed by atoms with Crippen molar-refractivity contribution < 1.29 is 9.59 Å². The molecule has 5 atom stereocenters. The lowest BCUT2D eigenvalue weighted by molar-refractivity contribution is -0.144. The van der Waals surface area contributed by atoms with Crippen LogP contribution < -0.4 is 0 Å². The van der Waals surface area contributed by atoms with Gasteiger partial charge in [-0.1, -0.05) is 25.5 Å². The summed E-state index contributed by atoms with van der Waals surface area (Å²) in [7, 11) is 0. The van der Waals surface area contributed by atoms with Crippen LogP contribution in [0.3, 0.4) is 0 Å². The van der Waals surface area contributed by atoms with Crippen molar-refractivity contribution in [1.29, 1.82) is 0 Å². The van der Waals surface area contributed by atoms with Crippen LogP contribution in [-0.4, -0.2) is 11.6 Å². The Balaban J connectivity index is 1.79. The van der Waals surface area contributed by atoms with Gasteiger partial charge < -0.3 is 0 Å². The number of carbonyl (C=O) groups is 2. The van der Waals surface area contributed by atoms with Crippen molar-refractivity contribution in [1.82, 2.24) is 0 Å². The van der Waals surface area contributed by atoms with E-state index in [1.165, 1.54) is 31.8 Å². The highest BCUT2D eigenvalue weighted by molar-refractivity contribution is 6.45. The van der Waals surface area contributed by atoms with Crippen LogP contribution in [0.25, 0.3) is 0 Å². The third-order valence-electron chi connectivity index (χ3n) is 7.28. The van der Waals surface area contributed by atoms with Crippen LogP contribution >= 0.6 is 0 Å². The van der Waals surface area contributed by atoms with Gasteiger partial charge in [0.2, 0.25) is 11.6 Å². The van der Waals surface area contributed by atoms with Crippen molar-refractivity contribution >= 4 is 11.6 Å². The van der Waals surface area contributed by atoms with Gasteiger partial charge in [0.05, 0.1) is 5.41 Å². The maximum Gasteiger partial charge on any atom is 0.222 e. The average molecular weight is 284 g/mol. The van der Waals surface area contributed by atoms with Crippen LogP contribution in [0, 0.1) is 28.6 Å². The van der Waals surface area contributed by atoms with Crippen LogP contribution in [-0.2, 0) is 9.59 Å². The highest BCUT2D eigenvalue weighted by Gasteiger charge is 2.58. The number of hydrogen-bond acceptors (Lipinski definition) is 2. The molecule has 0 saturated heterocycles. The number of fused-ring (bicyclic) bond motifs is 5. The molecule has 0 aromatic heterocycles. The van der Waals surface area contributed by atoms with Gasteiger partial charge in [0.15, 0.2) is 0 Å². The van der Waals surface area contributed by atoms with Crippen molar-refractivity contribution in [3.8, 4) is 0 Å². The van der Waals surface area contributed by atoms with Gasteiger partial charge in [-0.3, -0.25) is 9.59 Å². The molecule has 2 saturated carbocycles. The summed E-state index contributed by atoms with van der Waals surface area (Å²) in [5.74, 6) is 1.26. The molecule has 4 rings (SSSR count). The molecule has 2 nitrogen and oxygen atoms in total. The SMILES string of the molecule is C[C@@]12CCC[C@H]1[C@@H]1CC=C3C=CC(=O)C(=O)[C@]3(C)[C@H]1CC2. The summed E-state index contributed by atoms with van der Waals surface area (Å²) in [6, 6.07) is 0. The first kappa shape index (κ1) is 13.5. The van der Waals surface area contributed by atoms with Crippen LogP contribution in [0.2, 0.25) is 0 Å². The average Bonchev–Trinajstić information content (AvgIpc) is 2.86. The number of hydrogen-bond donors (Lipinski definition) is 0. The van der Waals surface area contributed by atoms with Gasteiger partial charge in [0, 0.05) is 0 Å². The Bertz CT molecular complexity index is 584. The lowest BCUT2D eigenvalue weighted by atomic mass is 9.48. The van der Waals surface area contributed by atoms with E-state index in [1.54, 1.807) is 0 Å². The number of allylic oxidation sites excluding steroid dienone is 4. The van der Waals surface area contributed by atoms with Crippen molar-refractivity contribution in [2.75, 3.05) is 0 Å². The van der Waals surface area contributed by atoms with Gasteiger partial charge in [-0.05, 0) is 73.8 Å². The van der Waals surface area contributed by atoms with E-state index in [4.69, 9.17) is 0 Å². The molecular weight excluding hydrogens is 260 g/mol. The minimum Gasteiger partial charge on any atom is -0.289 e. The van der Waals surface area contributed by atoms with Gasteiger partial charge in [-0.15, -0.1) is 0 Å². The molecule has 0 spiro atoms. The molecule has 0 aliphatic heterocycles. The molecule has 0 heterocycles. The molecular formula is C19H24O2. The Labute approximate surface area is 126 Å². The van der Waals surface area contributed by atoms with Gasteiger partial charge in [-0.2, -0.15) is 0 Å². The zero-order valence-electron chi connectivity index (χ0n) is 13.0. The monoisotopic (exact) mass is 284 g/mol. The fourth-order valence-electron chi connectivity index (χ4n) is 6.05. The molecule has 4 aliphatic carbocycles. The predicted octanol–water partition coefficient (Wildman–Crippen LogP) is 3.86. The minimum absolute atomic E-state index is 0.160. The first-order valence-corrected chi connectivity index (χ1v) is 8.44. The quantitative estimate of drug-likeness (QED) is 0.633.